The fourth-order valence-electron chi connectivity index (χ4n) is 4.62. The smallest absolute Gasteiger partial charge is 0.223 e. The van der Waals surface area contributed by atoms with Gasteiger partial charge in [-0.15, -0.1) is 15.3 Å². The highest BCUT2D eigenvalue weighted by molar-refractivity contribution is 5.79. The van der Waals surface area contributed by atoms with Gasteiger partial charge in [0, 0.05) is 31.0 Å². The molecule has 3 aromatic rings. The van der Waals surface area contributed by atoms with Gasteiger partial charge in [-0.05, 0) is 43.4 Å². The summed E-state index contributed by atoms with van der Waals surface area (Å²) in [6.07, 6.45) is 6.88. The molecule has 0 radical (unpaired) electrons. The monoisotopic (exact) mass is 390 g/mol. The van der Waals surface area contributed by atoms with Crippen LogP contribution in [0.4, 0.5) is 5.82 Å². The highest BCUT2D eigenvalue weighted by Crippen LogP contribution is 2.43. The van der Waals surface area contributed by atoms with Crippen LogP contribution in [0.3, 0.4) is 0 Å². The molecule has 0 atom stereocenters. The molecule has 0 unspecified atom stereocenters. The zero-order valence-electron chi connectivity index (χ0n) is 16.5. The highest BCUT2D eigenvalue weighted by atomic mass is 16.1. The number of benzene rings is 1. The first kappa shape index (κ1) is 18.1. The first-order valence-electron chi connectivity index (χ1n) is 10.5. The Labute approximate surface area is 170 Å². The number of fused-ring (bicyclic) bond motifs is 1. The number of hydrogen-bond donors (Lipinski definition) is 1. The van der Waals surface area contributed by atoms with E-state index in [1.54, 1.807) is 10.8 Å². The molecule has 1 aromatic carbocycles. The van der Waals surface area contributed by atoms with E-state index in [1.807, 2.05) is 12.1 Å². The lowest BCUT2D eigenvalue weighted by Gasteiger charge is -2.43. The number of nitrogens with zero attached hydrogens (tertiary/aromatic N) is 5. The van der Waals surface area contributed by atoms with E-state index in [-0.39, 0.29) is 17.2 Å². The van der Waals surface area contributed by atoms with E-state index >= 15 is 0 Å². The maximum absolute atomic E-state index is 12.8. The molecule has 1 saturated heterocycles. The minimum absolute atomic E-state index is 0.0813. The summed E-state index contributed by atoms with van der Waals surface area (Å²) < 4.78 is 1.69. The van der Waals surface area contributed by atoms with E-state index in [0.29, 0.717) is 0 Å². The maximum atomic E-state index is 12.8. The minimum atomic E-state index is 0.0813. The summed E-state index contributed by atoms with van der Waals surface area (Å²) in [6.45, 7) is 2.42. The third-order valence-electron chi connectivity index (χ3n) is 6.64. The zero-order valence-corrected chi connectivity index (χ0v) is 16.5. The highest BCUT2D eigenvalue weighted by Gasteiger charge is 2.39. The average molecular weight is 390 g/mol. The van der Waals surface area contributed by atoms with Crippen molar-refractivity contribution in [2.24, 2.45) is 5.92 Å². The second kappa shape index (κ2) is 7.46. The fourth-order valence-corrected chi connectivity index (χ4v) is 4.62. The Morgan fingerprint density at radius 2 is 1.90 bits per heavy atom. The number of hydrogen-bond acceptors (Lipinski definition) is 5. The summed E-state index contributed by atoms with van der Waals surface area (Å²) in [5.41, 5.74) is 2.23. The Bertz CT molecular complexity index is 989. The lowest BCUT2D eigenvalue weighted by Crippen LogP contribution is -2.48. The van der Waals surface area contributed by atoms with Crippen molar-refractivity contribution in [3.63, 3.8) is 0 Å². The van der Waals surface area contributed by atoms with Crippen LogP contribution < -0.4 is 10.2 Å². The Balaban J connectivity index is 1.17. The van der Waals surface area contributed by atoms with Crippen molar-refractivity contribution in [3.8, 4) is 0 Å². The van der Waals surface area contributed by atoms with Gasteiger partial charge in [0.15, 0.2) is 5.65 Å². The van der Waals surface area contributed by atoms with Crippen LogP contribution in [0.5, 0.6) is 0 Å². The van der Waals surface area contributed by atoms with Gasteiger partial charge in [-0.3, -0.25) is 4.79 Å². The number of amides is 1. The molecule has 2 fully saturated rings. The second-order valence-corrected chi connectivity index (χ2v) is 8.30. The van der Waals surface area contributed by atoms with Gasteiger partial charge < -0.3 is 10.2 Å². The van der Waals surface area contributed by atoms with Gasteiger partial charge in [0.1, 0.15) is 12.1 Å². The quantitative estimate of drug-likeness (QED) is 0.725. The summed E-state index contributed by atoms with van der Waals surface area (Å²) >= 11 is 0. The van der Waals surface area contributed by atoms with Crippen molar-refractivity contribution in [1.82, 2.24) is 25.1 Å². The first-order chi connectivity index (χ1) is 14.2. The van der Waals surface area contributed by atoms with E-state index in [1.165, 1.54) is 12.0 Å². The SMILES string of the molecule is O=C(NCC1(c2ccccc2)CCC1)C1CCN(c2ccc3nncn3n2)CC1. The molecule has 2 aliphatic rings. The molecule has 7 heteroatoms. The van der Waals surface area contributed by atoms with Gasteiger partial charge in [0.05, 0.1) is 0 Å². The second-order valence-electron chi connectivity index (χ2n) is 8.30. The zero-order chi connectivity index (χ0) is 19.7. The molecule has 1 amide bonds. The van der Waals surface area contributed by atoms with Crippen LogP contribution in [-0.4, -0.2) is 45.4 Å². The van der Waals surface area contributed by atoms with Crippen LogP contribution in [0.1, 0.15) is 37.7 Å². The van der Waals surface area contributed by atoms with E-state index in [2.05, 4.69) is 55.8 Å². The van der Waals surface area contributed by atoms with Crippen molar-refractivity contribution >= 4 is 17.4 Å². The number of piperidine rings is 1. The molecule has 1 aliphatic heterocycles. The fraction of sp³-hybridized carbons (Fsp3) is 0.455. The molecule has 150 valence electrons. The van der Waals surface area contributed by atoms with Gasteiger partial charge in [0.2, 0.25) is 5.91 Å². The third kappa shape index (κ3) is 3.45. The lowest BCUT2D eigenvalue weighted by atomic mass is 9.64. The van der Waals surface area contributed by atoms with Crippen LogP contribution in [0.15, 0.2) is 48.8 Å². The predicted molar refractivity (Wildman–Crippen MR) is 111 cm³/mol. The molecule has 1 N–H and O–H groups in total. The molecule has 1 aliphatic carbocycles. The van der Waals surface area contributed by atoms with Crippen LogP contribution in [0, 0.1) is 5.92 Å². The van der Waals surface area contributed by atoms with Gasteiger partial charge >= 0.3 is 0 Å². The number of rotatable bonds is 5. The standard InChI is InChI=1S/C22H26N6O/c29-21(23-15-22(11-4-12-22)18-5-2-1-3-6-18)17-9-13-27(14-10-17)20-8-7-19-25-24-16-28(19)26-20/h1-3,5-8,16-17H,4,9-15H2,(H,23,29). The third-order valence-corrected chi connectivity index (χ3v) is 6.64. The predicted octanol–water partition coefficient (Wildman–Crippen LogP) is 2.58. The number of carbonyl (C=O) groups excluding carboxylic acids is 1. The first-order valence-corrected chi connectivity index (χ1v) is 10.5. The van der Waals surface area contributed by atoms with Crippen LogP contribution in [0.2, 0.25) is 0 Å². The van der Waals surface area contributed by atoms with E-state index in [0.717, 1.165) is 56.8 Å². The normalized spacial score (nSPS) is 19.1. The largest absolute Gasteiger partial charge is 0.355 e. The van der Waals surface area contributed by atoms with E-state index < -0.39 is 0 Å². The molecule has 5 rings (SSSR count). The van der Waals surface area contributed by atoms with Gasteiger partial charge in [-0.25, -0.2) is 0 Å². The molecule has 0 spiro atoms. The van der Waals surface area contributed by atoms with Crippen LogP contribution >= 0.6 is 0 Å². The molecule has 0 bridgehead atoms. The molecule has 1 saturated carbocycles. The molecule has 3 heterocycles. The number of nitrogens with one attached hydrogen (secondary N) is 1. The summed E-state index contributed by atoms with van der Waals surface area (Å²) in [6, 6.07) is 14.5. The topological polar surface area (TPSA) is 75.4 Å². The van der Waals surface area contributed by atoms with E-state index in [4.69, 9.17) is 0 Å². The van der Waals surface area contributed by atoms with Crippen LogP contribution in [-0.2, 0) is 10.2 Å². The van der Waals surface area contributed by atoms with Crippen molar-refractivity contribution in [2.45, 2.75) is 37.5 Å². The number of anilines is 1. The molecule has 7 nitrogen and oxygen atoms in total. The van der Waals surface area contributed by atoms with Crippen molar-refractivity contribution in [1.29, 1.82) is 0 Å². The Kier molecular flexibility index (Phi) is 4.66. The summed E-state index contributed by atoms with van der Waals surface area (Å²) in [7, 11) is 0. The summed E-state index contributed by atoms with van der Waals surface area (Å²) in [5.74, 6) is 1.19. The molecular formula is C22H26N6O. The average Bonchev–Trinajstić information content (AvgIpc) is 3.22. The van der Waals surface area contributed by atoms with Crippen molar-refractivity contribution < 1.29 is 4.79 Å². The molecule has 29 heavy (non-hydrogen) atoms. The van der Waals surface area contributed by atoms with Gasteiger partial charge in [0.25, 0.3) is 0 Å². The summed E-state index contributed by atoms with van der Waals surface area (Å²) in [4.78, 5) is 15.1. The Morgan fingerprint density at radius 1 is 1.10 bits per heavy atom. The lowest BCUT2D eigenvalue weighted by molar-refractivity contribution is -0.126. The number of aromatic nitrogens is 4. The van der Waals surface area contributed by atoms with Crippen molar-refractivity contribution in [2.75, 3.05) is 24.5 Å². The Hall–Kier alpha value is -2.96. The molecule has 2 aromatic heterocycles. The van der Waals surface area contributed by atoms with Gasteiger partial charge in [-0.1, -0.05) is 36.8 Å². The minimum Gasteiger partial charge on any atom is -0.355 e. The Morgan fingerprint density at radius 3 is 2.62 bits per heavy atom. The maximum Gasteiger partial charge on any atom is 0.223 e. The molecular weight excluding hydrogens is 364 g/mol. The van der Waals surface area contributed by atoms with Gasteiger partial charge in [-0.2, -0.15) is 4.52 Å². The summed E-state index contributed by atoms with van der Waals surface area (Å²) in [5, 5.41) is 15.7. The number of carbonyl (C=O) groups is 1. The van der Waals surface area contributed by atoms with Crippen LogP contribution in [0.25, 0.3) is 5.65 Å². The van der Waals surface area contributed by atoms with E-state index in [9.17, 15) is 4.79 Å². The van der Waals surface area contributed by atoms with Crippen molar-refractivity contribution in [3.05, 3.63) is 54.4 Å².